The zero-order valence-corrected chi connectivity index (χ0v) is 10.0. The fraction of sp³-hybridized carbons (Fsp3) is 0.667. The molecule has 90 valence electrons. The predicted octanol–water partition coefficient (Wildman–Crippen LogP) is 1.28. The molecule has 1 aliphatic heterocycles. The van der Waals surface area contributed by atoms with E-state index >= 15 is 0 Å². The molecule has 0 aromatic rings. The van der Waals surface area contributed by atoms with Crippen molar-refractivity contribution < 1.29 is 9.59 Å². The van der Waals surface area contributed by atoms with E-state index in [4.69, 9.17) is 0 Å². The first kappa shape index (κ1) is 12.7. The van der Waals surface area contributed by atoms with Crippen LogP contribution in [0.15, 0.2) is 12.3 Å². The van der Waals surface area contributed by atoms with Crippen LogP contribution < -0.4 is 5.32 Å². The molecule has 2 amide bonds. The Morgan fingerprint density at radius 2 is 2.19 bits per heavy atom. The van der Waals surface area contributed by atoms with Crippen LogP contribution in [0.5, 0.6) is 0 Å². The van der Waals surface area contributed by atoms with Crippen molar-refractivity contribution in [2.75, 3.05) is 13.1 Å². The third-order valence-corrected chi connectivity index (χ3v) is 2.95. The summed E-state index contributed by atoms with van der Waals surface area (Å²) in [5, 5.41) is 2.87. The highest BCUT2D eigenvalue weighted by Crippen LogP contribution is 2.07. The molecule has 0 radical (unpaired) electrons. The Morgan fingerprint density at radius 1 is 1.50 bits per heavy atom. The molecular formula is C12H20N2O2. The van der Waals surface area contributed by atoms with Gasteiger partial charge in [0, 0.05) is 19.2 Å². The number of rotatable bonds is 6. The van der Waals surface area contributed by atoms with Crippen molar-refractivity contribution >= 4 is 11.8 Å². The molecule has 0 atom stereocenters. The van der Waals surface area contributed by atoms with Crippen LogP contribution in [0.1, 0.15) is 33.1 Å². The molecule has 4 heteroatoms. The van der Waals surface area contributed by atoms with E-state index in [0.29, 0.717) is 18.9 Å². The molecule has 0 aliphatic carbocycles. The lowest BCUT2D eigenvalue weighted by molar-refractivity contribution is -0.132. The highest BCUT2D eigenvalue weighted by Gasteiger charge is 2.17. The van der Waals surface area contributed by atoms with Gasteiger partial charge in [0.2, 0.25) is 11.8 Å². The van der Waals surface area contributed by atoms with Gasteiger partial charge in [-0.2, -0.15) is 0 Å². The first-order valence-electron chi connectivity index (χ1n) is 5.90. The van der Waals surface area contributed by atoms with Crippen molar-refractivity contribution in [1.82, 2.24) is 10.2 Å². The maximum absolute atomic E-state index is 11.5. The number of carbonyl (C=O) groups is 2. The summed E-state index contributed by atoms with van der Waals surface area (Å²) in [6, 6.07) is 0. The first-order valence-corrected chi connectivity index (χ1v) is 5.90. The molecule has 0 bridgehead atoms. The molecular weight excluding hydrogens is 204 g/mol. The number of amides is 2. The lowest BCUT2D eigenvalue weighted by Crippen LogP contribution is -2.38. The van der Waals surface area contributed by atoms with Gasteiger partial charge in [0.15, 0.2) is 0 Å². The summed E-state index contributed by atoms with van der Waals surface area (Å²) in [4.78, 5) is 24.2. The predicted molar refractivity (Wildman–Crippen MR) is 62.6 cm³/mol. The van der Waals surface area contributed by atoms with Gasteiger partial charge in [-0.3, -0.25) is 9.59 Å². The largest absolute Gasteiger partial charge is 0.354 e. The van der Waals surface area contributed by atoms with Crippen LogP contribution in [-0.4, -0.2) is 29.8 Å². The van der Waals surface area contributed by atoms with E-state index in [2.05, 4.69) is 19.2 Å². The minimum absolute atomic E-state index is 0.00215. The van der Waals surface area contributed by atoms with Gasteiger partial charge in [-0.05, 0) is 5.92 Å². The number of nitrogens with one attached hydrogen (secondary N) is 1. The second kappa shape index (κ2) is 6.30. The maximum atomic E-state index is 11.5. The SMILES string of the molecule is CCC(CC)CNC(=O)CN1C=CCC1=O. The summed E-state index contributed by atoms with van der Waals surface area (Å²) < 4.78 is 0. The normalized spacial score (nSPS) is 14.9. The molecule has 1 heterocycles. The van der Waals surface area contributed by atoms with Gasteiger partial charge in [0.05, 0.1) is 0 Å². The minimum Gasteiger partial charge on any atom is -0.354 e. The first-order chi connectivity index (χ1) is 7.67. The van der Waals surface area contributed by atoms with Crippen LogP contribution in [-0.2, 0) is 9.59 Å². The van der Waals surface area contributed by atoms with Crippen LogP contribution in [0.25, 0.3) is 0 Å². The van der Waals surface area contributed by atoms with Crippen LogP contribution in [0, 0.1) is 5.92 Å². The van der Waals surface area contributed by atoms with Crippen LogP contribution in [0.3, 0.4) is 0 Å². The lowest BCUT2D eigenvalue weighted by Gasteiger charge is -2.16. The van der Waals surface area contributed by atoms with Crippen LogP contribution in [0.4, 0.5) is 0 Å². The summed E-state index contributed by atoms with van der Waals surface area (Å²) in [5.41, 5.74) is 0. The smallest absolute Gasteiger partial charge is 0.240 e. The van der Waals surface area contributed by atoms with Crippen molar-refractivity contribution in [3.8, 4) is 0 Å². The Labute approximate surface area is 96.7 Å². The van der Waals surface area contributed by atoms with Gasteiger partial charge >= 0.3 is 0 Å². The van der Waals surface area contributed by atoms with E-state index in [-0.39, 0.29) is 18.4 Å². The average molecular weight is 224 g/mol. The summed E-state index contributed by atoms with van der Waals surface area (Å²) in [7, 11) is 0. The summed E-state index contributed by atoms with van der Waals surface area (Å²) in [6.45, 7) is 5.09. The quantitative estimate of drug-likeness (QED) is 0.739. The monoisotopic (exact) mass is 224 g/mol. The summed E-state index contributed by atoms with van der Waals surface area (Å²) >= 11 is 0. The van der Waals surface area contributed by atoms with E-state index in [9.17, 15) is 9.59 Å². The van der Waals surface area contributed by atoms with Gasteiger partial charge in [-0.25, -0.2) is 0 Å². The topological polar surface area (TPSA) is 49.4 Å². The molecule has 0 saturated carbocycles. The van der Waals surface area contributed by atoms with E-state index in [1.165, 1.54) is 4.90 Å². The minimum atomic E-state index is -0.0770. The second-order valence-electron chi connectivity index (χ2n) is 4.10. The Kier molecular flexibility index (Phi) is 5.02. The molecule has 0 aromatic heterocycles. The van der Waals surface area contributed by atoms with Crippen molar-refractivity contribution in [2.45, 2.75) is 33.1 Å². The maximum Gasteiger partial charge on any atom is 0.240 e. The van der Waals surface area contributed by atoms with Crippen molar-refractivity contribution in [1.29, 1.82) is 0 Å². The van der Waals surface area contributed by atoms with Gasteiger partial charge < -0.3 is 10.2 Å². The molecule has 16 heavy (non-hydrogen) atoms. The van der Waals surface area contributed by atoms with Crippen LogP contribution >= 0.6 is 0 Å². The molecule has 1 N–H and O–H groups in total. The Morgan fingerprint density at radius 3 is 2.69 bits per heavy atom. The number of carbonyl (C=O) groups excluding carboxylic acids is 2. The summed E-state index contributed by atoms with van der Waals surface area (Å²) in [6.07, 6.45) is 6.01. The molecule has 0 fully saturated rings. The Bertz CT molecular complexity index is 283. The molecule has 0 saturated heterocycles. The van der Waals surface area contributed by atoms with Gasteiger partial charge in [-0.1, -0.05) is 32.8 Å². The number of nitrogens with zero attached hydrogens (tertiary/aromatic N) is 1. The third-order valence-electron chi connectivity index (χ3n) is 2.95. The van der Waals surface area contributed by atoms with E-state index < -0.39 is 0 Å². The average Bonchev–Trinajstić information content (AvgIpc) is 2.66. The lowest BCUT2D eigenvalue weighted by atomic mass is 10.0. The second-order valence-corrected chi connectivity index (χ2v) is 4.10. The van der Waals surface area contributed by atoms with E-state index in [1.807, 2.05) is 0 Å². The Balaban J connectivity index is 2.25. The molecule has 1 aliphatic rings. The zero-order valence-electron chi connectivity index (χ0n) is 10.0. The van der Waals surface area contributed by atoms with Crippen molar-refractivity contribution in [3.05, 3.63) is 12.3 Å². The molecule has 0 aromatic carbocycles. The molecule has 1 rings (SSSR count). The van der Waals surface area contributed by atoms with Gasteiger partial charge in [-0.15, -0.1) is 0 Å². The standard InChI is InChI=1S/C12H20N2O2/c1-3-10(4-2)8-13-11(15)9-14-7-5-6-12(14)16/h5,7,10H,3-4,6,8-9H2,1-2H3,(H,13,15). The fourth-order valence-corrected chi connectivity index (χ4v) is 1.67. The number of hydrogen-bond acceptors (Lipinski definition) is 2. The highest BCUT2D eigenvalue weighted by molar-refractivity contribution is 5.87. The molecule has 0 unspecified atom stereocenters. The van der Waals surface area contributed by atoms with Gasteiger partial charge in [0.25, 0.3) is 0 Å². The molecule has 0 spiro atoms. The number of hydrogen-bond donors (Lipinski definition) is 1. The van der Waals surface area contributed by atoms with Crippen molar-refractivity contribution in [3.63, 3.8) is 0 Å². The van der Waals surface area contributed by atoms with Crippen molar-refractivity contribution in [2.24, 2.45) is 5.92 Å². The van der Waals surface area contributed by atoms with Gasteiger partial charge in [0.1, 0.15) is 6.54 Å². The highest BCUT2D eigenvalue weighted by atomic mass is 16.2. The molecule has 4 nitrogen and oxygen atoms in total. The zero-order chi connectivity index (χ0) is 12.0. The van der Waals surface area contributed by atoms with Crippen LogP contribution in [0.2, 0.25) is 0 Å². The Hall–Kier alpha value is -1.32. The fourth-order valence-electron chi connectivity index (χ4n) is 1.67. The van der Waals surface area contributed by atoms with E-state index in [0.717, 1.165) is 12.8 Å². The third kappa shape index (κ3) is 3.68. The van der Waals surface area contributed by atoms with E-state index in [1.54, 1.807) is 12.3 Å². The summed E-state index contributed by atoms with van der Waals surface area (Å²) in [5.74, 6) is 0.457.